The topological polar surface area (TPSA) is 45.2 Å². The third-order valence-electron chi connectivity index (χ3n) is 4.49. The molecular formula is C20H21N3OS2. The minimum Gasteiger partial charge on any atom is -0.351 e. The van der Waals surface area contributed by atoms with E-state index in [1.54, 1.807) is 11.3 Å². The van der Waals surface area contributed by atoms with Gasteiger partial charge in [-0.25, -0.2) is 4.98 Å². The van der Waals surface area contributed by atoms with Crippen LogP contribution in [0.3, 0.4) is 0 Å². The number of carbonyl (C=O) groups is 1. The zero-order valence-electron chi connectivity index (χ0n) is 14.4. The first-order chi connectivity index (χ1) is 12.8. The molecule has 1 amide bonds. The maximum absolute atomic E-state index is 12.3. The molecule has 4 nitrogen and oxygen atoms in total. The molecule has 1 saturated heterocycles. The number of nitrogens with one attached hydrogen (secondary N) is 1. The first-order valence-corrected chi connectivity index (χ1v) is 10.6. The summed E-state index contributed by atoms with van der Waals surface area (Å²) < 4.78 is 2.13. The second kappa shape index (κ2) is 8.20. The quantitative estimate of drug-likeness (QED) is 0.658. The maximum atomic E-state index is 12.3. The van der Waals surface area contributed by atoms with E-state index in [2.05, 4.69) is 45.5 Å². The molecule has 0 saturated carbocycles. The molecule has 1 atom stereocenters. The predicted octanol–water partition coefficient (Wildman–Crippen LogP) is 3.78. The molecule has 0 bridgehead atoms. The van der Waals surface area contributed by atoms with Gasteiger partial charge in [-0.1, -0.05) is 54.2 Å². The molecule has 1 aliphatic rings. The van der Waals surface area contributed by atoms with Crippen molar-refractivity contribution in [3.63, 3.8) is 0 Å². The maximum Gasteiger partial charge on any atom is 0.230 e. The molecule has 3 aromatic rings. The number of fused-ring (bicyclic) bond motifs is 1. The van der Waals surface area contributed by atoms with Crippen molar-refractivity contribution in [1.82, 2.24) is 15.2 Å². The van der Waals surface area contributed by atoms with Gasteiger partial charge in [0.15, 0.2) is 4.34 Å². The molecular weight excluding hydrogens is 362 g/mol. The van der Waals surface area contributed by atoms with Crippen LogP contribution in [0.2, 0.25) is 0 Å². The van der Waals surface area contributed by atoms with Gasteiger partial charge >= 0.3 is 0 Å². The van der Waals surface area contributed by atoms with Crippen LogP contribution in [0.25, 0.3) is 10.2 Å². The zero-order valence-corrected chi connectivity index (χ0v) is 16.1. The van der Waals surface area contributed by atoms with Crippen molar-refractivity contribution in [3.05, 3.63) is 60.2 Å². The van der Waals surface area contributed by atoms with Gasteiger partial charge in [0.25, 0.3) is 0 Å². The lowest BCUT2D eigenvalue weighted by Crippen LogP contribution is -2.37. The van der Waals surface area contributed by atoms with Crippen molar-refractivity contribution in [2.45, 2.75) is 23.3 Å². The summed E-state index contributed by atoms with van der Waals surface area (Å²) in [6.07, 6.45) is 1.02. The van der Waals surface area contributed by atoms with E-state index >= 15 is 0 Å². The summed E-state index contributed by atoms with van der Waals surface area (Å²) in [6.45, 7) is 2.91. The van der Waals surface area contributed by atoms with Crippen LogP contribution in [0.1, 0.15) is 12.0 Å². The average molecular weight is 384 g/mol. The van der Waals surface area contributed by atoms with Gasteiger partial charge < -0.3 is 5.32 Å². The summed E-state index contributed by atoms with van der Waals surface area (Å²) in [5, 5.41) is 3.17. The highest BCUT2D eigenvalue weighted by atomic mass is 32.2. The zero-order chi connectivity index (χ0) is 17.8. The molecule has 2 heterocycles. The van der Waals surface area contributed by atoms with Crippen molar-refractivity contribution in [2.24, 2.45) is 0 Å². The van der Waals surface area contributed by atoms with Gasteiger partial charge in [-0.3, -0.25) is 9.69 Å². The Morgan fingerprint density at radius 2 is 2.00 bits per heavy atom. The minimum absolute atomic E-state index is 0.0980. The van der Waals surface area contributed by atoms with E-state index in [0.717, 1.165) is 35.9 Å². The summed E-state index contributed by atoms with van der Waals surface area (Å²) in [6, 6.07) is 18.8. The van der Waals surface area contributed by atoms with Crippen LogP contribution in [0.4, 0.5) is 0 Å². The molecule has 0 radical (unpaired) electrons. The number of benzene rings is 2. The molecule has 1 aromatic heterocycles. The third-order valence-corrected chi connectivity index (χ3v) is 6.67. The van der Waals surface area contributed by atoms with Gasteiger partial charge in [0, 0.05) is 25.7 Å². The van der Waals surface area contributed by atoms with Gasteiger partial charge in [0.2, 0.25) is 5.91 Å². The van der Waals surface area contributed by atoms with Gasteiger partial charge in [0.05, 0.1) is 16.0 Å². The number of thioether (sulfide) groups is 1. The molecule has 1 fully saturated rings. The smallest absolute Gasteiger partial charge is 0.230 e. The van der Waals surface area contributed by atoms with Gasteiger partial charge in [-0.15, -0.1) is 11.3 Å². The lowest BCUT2D eigenvalue weighted by atomic mass is 10.2. The predicted molar refractivity (Wildman–Crippen MR) is 109 cm³/mol. The number of rotatable bonds is 6. The van der Waals surface area contributed by atoms with Gasteiger partial charge in [-0.2, -0.15) is 0 Å². The van der Waals surface area contributed by atoms with E-state index in [9.17, 15) is 4.79 Å². The Bertz CT molecular complexity index is 848. The van der Waals surface area contributed by atoms with E-state index < -0.39 is 0 Å². The highest BCUT2D eigenvalue weighted by molar-refractivity contribution is 8.01. The van der Waals surface area contributed by atoms with Crippen LogP contribution in [0.5, 0.6) is 0 Å². The van der Waals surface area contributed by atoms with E-state index in [-0.39, 0.29) is 11.9 Å². The Labute approximate surface area is 161 Å². The lowest BCUT2D eigenvalue weighted by molar-refractivity contribution is -0.119. The first-order valence-electron chi connectivity index (χ1n) is 8.80. The largest absolute Gasteiger partial charge is 0.351 e. The van der Waals surface area contributed by atoms with Crippen LogP contribution in [-0.4, -0.2) is 40.7 Å². The van der Waals surface area contributed by atoms with Crippen LogP contribution in [-0.2, 0) is 11.3 Å². The number of aromatic nitrogens is 1. The van der Waals surface area contributed by atoms with E-state index in [4.69, 9.17) is 0 Å². The molecule has 1 unspecified atom stereocenters. The molecule has 26 heavy (non-hydrogen) atoms. The number of hydrogen-bond acceptors (Lipinski definition) is 5. The normalized spacial score (nSPS) is 17.6. The van der Waals surface area contributed by atoms with Crippen molar-refractivity contribution >= 4 is 39.2 Å². The van der Waals surface area contributed by atoms with Crippen molar-refractivity contribution in [2.75, 3.05) is 18.8 Å². The lowest BCUT2D eigenvalue weighted by Gasteiger charge is -2.16. The van der Waals surface area contributed by atoms with E-state index in [1.165, 1.54) is 22.0 Å². The average Bonchev–Trinajstić information content (AvgIpc) is 3.27. The Hall–Kier alpha value is -1.89. The summed E-state index contributed by atoms with van der Waals surface area (Å²) >= 11 is 3.17. The van der Waals surface area contributed by atoms with Crippen LogP contribution in [0, 0.1) is 0 Å². The fraction of sp³-hybridized carbons (Fsp3) is 0.300. The molecule has 4 rings (SSSR count). The van der Waals surface area contributed by atoms with Gasteiger partial charge in [0.1, 0.15) is 0 Å². The van der Waals surface area contributed by atoms with Crippen LogP contribution in [0.15, 0.2) is 58.9 Å². The molecule has 6 heteroatoms. The van der Waals surface area contributed by atoms with Crippen molar-refractivity contribution in [1.29, 1.82) is 0 Å². The molecule has 0 aliphatic carbocycles. The minimum atomic E-state index is 0.0980. The Morgan fingerprint density at radius 1 is 1.19 bits per heavy atom. The fourth-order valence-corrected chi connectivity index (χ4v) is 5.12. The number of likely N-dealkylation sites (tertiary alicyclic amines) is 1. The number of thiazole rings is 1. The summed E-state index contributed by atoms with van der Waals surface area (Å²) in [5.41, 5.74) is 2.33. The fourth-order valence-electron chi connectivity index (χ4n) is 3.25. The van der Waals surface area contributed by atoms with Crippen molar-refractivity contribution in [3.8, 4) is 0 Å². The van der Waals surface area contributed by atoms with Crippen LogP contribution >= 0.6 is 23.1 Å². The Morgan fingerprint density at radius 3 is 2.85 bits per heavy atom. The Balaban J connectivity index is 1.23. The van der Waals surface area contributed by atoms with E-state index in [0.29, 0.717) is 5.75 Å². The summed E-state index contributed by atoms with van der Waals surface area (Å²) in [7, 11) is 0. The summed E-state index contributed by atoms with van der Waals surface area (Å²) in [4.78, 5) is 19.3. The second-order valence-corrected chi connectivity index (χ2v) is 8.76. The SMILES string of the molecule is O=C(CSc1nc2ccccc2s1)NC1CCN(Cc2ccccc2)C1. The third kappa shape index (κ3) is 4.44. The Kier molecular flexibility index (Phi) is 5.53. The first kappa shape index (κ1) is 17.5. The van der Waals surface area contributed by atoms with E-state index in [1.807, 2.05) is 24.3 Å². The monoisotopic (exact) mass is 383 g/mol. The number of carbonyl (C=O) groups excluding carboxylic acids is 1. The molecule has 1 N–H and O–H groups in total. The summed E-state index contributed by atoms with van der Waals surface area (Å²) in [5.74, 6) is 0.524. The van der Waals surface area contributed by atoms with Crippen LogP contribution < -0.4 is 5.32 Å². The number of hydrogen-bond donors (Lipinski definition) is 1. The number of amides is 1. The highest BCUT2D eigenvalue weighted by Gasteiger charge is 2.23. The second-order valence-electron chi connectivity index (χ2n) is 6.51. The highest BCUT2D eigenvalue weighted by Crippen LogP contribution is 2.29. The van der Waals surface area contributed by atoms with Crippen molar-refractivity contribution < 1.29 is 4.79 Å². The molecule has 1 aliphatic heterocycles. The standard InChI is InChI=1S/C20H21N3OS2/c24-19(14-25-20-22-17-8-4-5-9-18(17)26-20)21-16-10-11-23(13-16)12-15-6-2-1-3-7-15/h1-9,16H,10-14H2,(H,21,24). The molecule has 0 spiro atoms. The number of para-hydroxylation sites is 1. The van der Waals surface area contributed by atoms with Gasteiger partial charge in [-0.05, 0) is 24.1 Å². The molecule has 134 valence electrons. The molecule has 2 aromatic carbocycles. The number of nitrogens with zero attached hydrogens (tertiary/aromatic N) is 2.